The van der Waals surface area contributed by atoms with Crippen LogP contribution in [0.15, 0.2) is 22.6 Å². The summed E-state index contributed by atoms with van der Waals surface area (Å²) in [6.07, 6.45) is 0. The lowest BCUT2D eigenvalue weighted by Crippen LogP contribution is -1.94. The van der Waals surface area contributed by atoms with Crippen LogP contribution in [0.2, 0.25) is 0 Å². The Balaban J connectivity index is 2.32. The molecule has 1 aromatic carbocycles. The van der Waals surface area contributed by atoms with Crippen LogP contribution >= 0.6 is 0 Å². The first-order valence-electron chi connectivity index (χ1n) is 6.46. The molecule has 0 unspecified atom stereocenters. The van der Waals surface area contributed by atoms with Gasteiger partial charge in [0.05, 0.1) is 28.2 Å². The van der Waals surface area contributed by atoms with Crippen molar-refractivity contribution in [2.24, 2.45) is 7.05 Å². The van der Waals surface area contributed by atoms with Gasteiger partial charge < -0.3 is 8.98 Å². The van der Waals surface area contributed by atoms with Crippen LogP contribution in [0.5, 0.6) is 0 Å². The van der Waals surface area contributed by atoms with Crippen LogP contribution in [-0.4, -0.2) is 9.55 Å². The smallest absolute Gasteiger partial charge is 0.144 e. The topological polar surface area (TPSA) is 54.8 Å². The molecule has 0 spiro atoms. The molecule has 0 amide bonds. The van der Waals surface area contributed by atoms with Crippen molar-refractivity contribution in [3.63, 3.8) is 0 Å². The molecular formula is C16H15N3O. The highest BCUT2D eigenvalue weighted by molar-refractivity contribution is 5.82. The van der Waals surface area contributed by atoms with E-state index >= 15 is 0 Å². The maximum atomic E-state index is 8.98. The summed E-state index contributed by atoms with van der Waals surface area (Å²) in [6.45, 7) is 5.96. The third-order valence-corrected chi connectivity index (χ3v) is 3.79. The van der Waals surface area contributed by atoms with Crippen molar-refractivity contribution in [3.8, 4) is 17.5 Å². The first-order valence-corrected chi connectivity index (χ1v) is 6.46. The molecule has 0 saturated carbocycles. The number of hydrogen-bond donors (Lipinski definition) is 0. The zero-order chi connectivity index (χ0) is 14.4. The minimum absolute atomic E-state index is 0.624. The van der Waals surface area contributed by atoms with Gasteiger partial charge in [-0.1, -0.05) is 0 Å². The maximum Gasteiger partial charge on any atom is 0.144 e. The molecule has 20 heavy (non-hydrogen) atoms. The molecule has 2 heterocycles. The van der Waals surface area contributed by atoms with Gasteiger partial charge in [-0.2, -0.15) is 5.26 Å². The van der Waals surface area contributed by atoms with Crippen LogP contribution in [0.4, 0.5) is 0 Å². The van der Waals surface area contributed by atoms with E-state index in [1.165, 1.54) is 0 Å². The average molecular weight is 265 g/mol. The zero-order valence-corrected chi connectivity index (χ0v) is 12.0. The normalized spacial score (nSPS) is 10.9. The van der Waals surface area contributed by atoms with Gasteiger partial charge in [-0.3, -0.25) is 0 Å². The number of hydrogen-bond acceptors (Lipinski definition) is 3. The summed E-state index contributed by atoms with van der Waals surface area (Å²) in [7, 11) is 1.98. The number of aromatic nitrogens is 2. The van der Waals surface area contributed by atoms with Gasteiger partial charge in [0.1, 0.15) is 17.3 Å². The van der Waals surface area contributed by atoms with Crippen LogP contribution in [0.3, 0.4) is 0 Å². The predicted molar refractivity (Wildman–Crippen MR) is 77.3 cm³/mol. The third kappa shape index (κ3) is 1.64. The molecule has 0 aliphatic heterocycles. The van der Waals surface area contributed by atoms with Crippen molar-refractivity contribution in [2.75, 3.05) is 0 Å². The van der Waals surface area contributed by atoms with E-state index < -0.39 is 0 Å². The second kappa shape index (κ2) is 4.24. The first kappa shape index (κ1) is 12.5. The van der Waals surface area contributed by atoms with E-state index in [2.05, 4.69) is 11.1 Å². The van der Waals surface area contributed by atoms with Crippen LogP contribution < -0.4 is 0 Å². The Bertz CT molecular complexity index is 862. The number of imidazole rings is 1. The summed E-state index contributed by atoms with van der Waals surface area (Å²) in [5, 5.41) is 8.98. The molecule has 4 heteroatoms. The van der Waals surface area contributed by atoms with E-state index in [1.807, 2.05) is 50.6 Å². The van der Waals surface area contributed by atoms with Gasteiger partial charge in [-0.05, 0) is 39.0 Å². The highest BCUT2D eigenvalue weighted by atomic mass is 16.3. The number of nitrogens with zero attached hydrogens (tertiary/aromatic N) is 3. The number of fused-ring (bicyclic) bond motifs is 1. The van der Waals surface area contributed by atoms with E-state index in [4.69, 9.17) is 9.68 Å². The Kier molecular flexibility index (Phi) is 2.65. The average Bonchev–Trinajstić information content (AvgIpc) is 2.87. The zero-order valence-electron chi connectivity index (χ0n) is 12.0. The predicted octanol–water partition coefficient (Wildman–Crippen LogP) is 3.63. The molecule has 0 aliphatic carbocycles. The molecule has 0 radical (unpaired) electrons. The fourth-order valence-electron chi connectivity index (χ4n) is 2.62. The lowest BCUT2D eigenvalue weighted by molar-refractivity contribution is 0.503. The molecule has 3 aromatic rings. The van der Waals surface area contributed by atoms with Crippen LogP contribution in [0, 0.1) is 32.1 Å². The first-order chi connectivity index (χ1) is 9.52. The van der Waals surface area contributed by atoms with E-state index in [9.17, 15) is 0 Å². The number of furan rings is 1. The third-order valence-electron chi connectivity index (χ3n) is 3.79. The van der Waals surface area contributed by atoms with E-state index in [0.717, 1.165) is 39.5 Å². The summed E-state index contributed by atoms with van der Waals surface area (Å²) >= 11 is 0. The van der Waals surface area contributed by atoms with Gasteiger partial charge in [-0.15, -0.1) is 0 Å². The number of benzene rings is 1. The van der Waals surface area contributed by atoms with Gasteiger partial charge in [0, 0.05) is 12.6 Å². The SMILES string of the molecule is Cc1oc(C)c(-c2nc3cc(C#N)ccc3n2C)c1C. The van der Waals surface area contributed by atoms with Crippen molar-refractivity contribution in [1.29, 1.82) is 5.26 Å². The molecule has 4 nitrogen and oxygen atoms in total. The minimum atomic E-state index is 0.624. The lowest BCUT2D eigenvalue weighted by atomic mass is 10.1. The highest BCUT2D eigenvalue weighted by Crippen LogP contribution is 2.32. The number of nitriles is 1. The summed E-state index contributed by atoms with van der Waals surface area (Å²) in [4.78, 5) is 4.68. The Morgan fingerprint density at radius 1 is 1.20 bits per heavy atom. The number of rotatable bonds is 1. The molecule has 0 aliphatic rings. The fourth-order valence-corrected chi connectivity index (χ4v) is 2.62. The van der Waals surface area contributed by atoms with Crippen molar-refractivity contribution in [1.82, 2.24) is 9.55 Å². The van der Waals surface area contributed by atoms with Crippen LogP contribution in [0.25, 0.3) is 22.4 Å². The molecule has 0 bridgehead atoms. The molecule has 0 fully saturated rings. The minimum Gasteiger partial charge on any atom is -0.466 e. The largest absolute Gasteiger partial charge is 0.466 e. The molecule has 0 N–H and O–H groups in total. The summed E-state index contributed by atoms with van der Waals surface area (Å²) in [5.74, 6) is 2.67. The molecule has 0 atom stereocenters. The molecule has 0 saturated heterocycles. The summed E-state index contributed by atoms with van der Waals surface area (Å²) in [6, 6.07) is 7.71. The van der Waals surface area contributed by atoms with E-state index in [-0.39, 0.29) is 0 Å². The quantitative estimate of drug-likeness (QED) is 0.675. The fraction of sp³-hybridized carbons (Fsp3) is 0.250. The molecule has 3 rings (SSSR count). The van der Waals surface area contributed by atoms with Crippen molar-refractivity contribution >= 4 is 11.0 Å². The molecule has 100 valence electrons. The second-order valence-corrected chi connectivity index (χ2v) is 5.02. The van der Waals surface area contributed by atoms with E-state index in [0.29, 0.717) is 5.56 Å². The second-order valence-electron chi connectivity index (χ2n) is 5.02. The lowest BCUT2D eigenvalue weighted by Gasteiger charge is -2.02. The van der Waals surface area contributed by atoms with E-state index in [1.54, 1.807) is 0 Å². The Hall–Kier alpha value is -2.54. The van der Waals surface area contributed by atoms with Gasteiger partial charge in [0.15, 0.2) is 0 Å². The van der Waals surface area contributed by atoms with Crippen molar-refractivity contribution in [2.45, 2.75) is 20.8 Å². The van der Waals surface area contributed by atoms with Crippen molar-refractivity contribution < 1.29 is 4.42 Å². The maximum absolute atomic E-state index is 8.98. The monoisotopic (exact) mass is 265 g/mol. The summed E-state index contributed by atoms with van der Waals surface area (Å²) in [5.41, 5.74) is 4.62. The van der Waals surface area contributed by atoms with Gasteiger partial charge >= 0.3 is 0 Å². The number of aryl methyl sites for hydroxylation is 3. The van der Waals surface area contributed by atoms with Crippen LogP contribution in [0.1, 0.15) is 22.6 Å². The Morgan fingerprint density at radius 2 is 1.95 bits per heavy atom. The van der Waals surface area contributed by atoms with Gasteiger partial charge in [0.2, 0.25) is 0 Å². The summed E-state index contributed by atoms with van der Waals surface area (Å²) < 4.78 is 7.73. The Labute approximate surface area is 117 Å². The molecular weight excluding hydrogens is 250 g/mol. The van der Waals surface area contributed by atoms with Crippen LogP contribution in [-0.2, 0) is 7.05 Å². The van der Waals surface area contributed by atoms with Gasteiger partial charge in [-0.25, -0.2) is 4.98 Å². The van der Waals surface area contributed by atoms with Crippen molar-refractivity contribution in [3.05, 3.63) is 40.8 Å². The molecule has 2 aromatic heterocycles. The highest BCUT2D eigenvalue weighted by Gasteiger charge is 2.19. The Morgan fingerprint density at radius 3 is 2.55 bits per heavy atom. The van der Waals surface area contributed by atoms with Gasteiger partial charge in [0.25, 0.3) is 0 Å². The standard InChI is InChI=1S/C16H15N3O/c1-9-10(2)20-11(3)15(9)16-18-13-7-12(8-17)5-6-14(13)19(16)4/h5-7H,1-4H3.